The van der Waals surface area contributed by atoms with Gasteiger partial charge in [0, 0.05) is 19.7 Å². The Kier molecular flexibility index (Phi) is 7.40. The van der Waals surface area contributed by atoms with Crippen LogP contribution in [0.1, 0.15) is 51.4 Å². The Labute approximate surface area is 128 Å². The van der Waals surface area contributed by atoms with E-state index in [0.717, 1.165) is 45.1 Å². The number of ether oxygens (including phenoxy) is 2. The SMILES string of the molecule is OC(CNCC1(O)CCCCCC1)COCC1CCCO1. The molecule has 0 aromatic heterocycles. The monoisotopic (exact) mass is 301 g/mol. The average molecular weight is 301 g/mol. The molecule has 0 radical (unpaired) electrons. The molecule has 2 rings (SSSR count). The fraction of sp³-hybridized carbons (Fsp3) is 1.00. The van der Waals surface area contributed by atoms with Crippen LogP contribution in [0.15, 0.2) is 0 Å². The van der Waals surface area contributed by atoms with Crippen LogP contribution >= 0.6 is 0 Å². The van der Waals surface area contributed by atoms with Crippen LogP contribution in [0, 0.1) is 0 Å². The van der Waals surface area contributed by atoms with Gasteiger partial charge in [0.1, 0.15) is 0 Å². The molecule has 5 nitrogen and oxygen atoms in total. The molecule has 0 spiro atoms. The highest BCUT2D eigenvalue weighted by atomic mass is 16.5. The first-order valence-corrected chi connectivity index (χ1v) is 8.48. The van der Waals surface area contributed by atoms with Gasteiger partial charge in [0.2, 0.25) is 0 Å². The Morgan fingerprint density at radius 2 is 1.95 bits per heavy atom. The van der Waals surface area contributed by atoms with Crippen molar-refractivity contribution in [2.24, 2.45) is 0 Å². The highest BCUT2D eigenvalue weighted by molar-refractivity contribution is 4.83. The number of hydrogen-bond donors (Lipinski definition) is 3. The van der Waals surface area contributed by atoms with E-state index in [2.05, 4.69) is 5.32 Å². The minimum atomic E-state index is -0.589. The van der Waals surface area contributed by atoms with Crippen molar-refractivity contribution in [3.63, 3.8) is 0 Å². The van der Waals surface area contributed by atoms with Crippen LogP contribution in [-0.2, 0) is 9.47 Å². The van der Waals surface area contributed by atoms with E-state index in [1.165, 1.54) is 12.8 Å². The van der Waals surface area contributed by atoms with Crippen molar-refractivity contribution in [2.45, 2.75) is 69.2 Å². The summed E-state index contributed by atoms with van der Waals surface area (Å²) in [6.45, 7) is 2.76. The van der Waals surface area contributed by atoms with E-state index < -0.39 is 11.7 Å². The molecule has 0 aromatic rings. The molecular weight excluding hydrogens is 270 g/mol. The number of hydrogen-bond acceptors (Lipinski definition) is 5. The molecule has 3 N–H and O–H groups in total. The predicted molar refractivity (Wildman–Crippen MR) is 81.3 cm³/mol. The zero-order chi connectivity index (χ0) is 15.0. The Morgan fingerprint density at radius 1 is 1.19 bits per heavy atom. The fourth-order valence-electron chi connectivity index (χ4n) is 3.21. The first kappa shape index (κ1) is 17.2. The van der Waals surface area contributed by atoms with Crippen molar-refractivity contribution in [1.82, 2.24) is 5.32 Å². The second kappa shape index (κ2) is 9.06. The highest BCUT2D eigenvalue weighted by Crippen LogP contribution is 2.26. The van der Waals surface area contributed by atoms with E-state index in [1.807, 2.05) is 0 Å². The standard InChI is InChI=1S/C16H31NO4/c18-14(11-20-12-15-6-5-9-21-15)10-17-13-16(19)7-3-1-2-4-8-16/h14-15,17-19H,1-13H2. The molecule has 2 aliphatic rings. The lowest BCUT2D eigenvalue weighted by Crippen LogP contribution is -2.43. The summed E-state index contributed by atoms with van der Waals surface area (Å²) in [5.74, 6) is 0. The molecular formula is C16H31NO4. The van der Waals surface area contributed by atoms with Crippen LogP contribution in [0.4, 0.5) is 0 Å². The van der Waals surface area contributed by atoms with E-state index in [0.29, 0.717) is 26.3 Å². The normalized spacial score (nSPS) is 27.4. The average Bonchev–Trinajstić information content (AvgIpc) is 2.87. The molecule has 2 atom stereocenters. The van der Waals surface area contributed by atoms with Crippen LogP contribution in [-0.4, -0.2) is 60.9 Å². The lowest BCUT2D eigenvalue weighted by molar-refractivity contribution is -0.0196. The van der Waals surface area contributed by atoms with E-state index in [-0.39, 0.29) is 6.10 Å². The van der Waals surface area contributed by atoms with Gasteiger partial charge in [0.15, 0.2) is 0 Å². The second-order valence-electron chi connectivity index (χ2n) is 6.60. The molecule has 1 aliphatic carbocycles. The zero-order valence-electron chi connectivity index (χ0n) is 13.1. The van der Waals surface area contributed by atoms with Crippen LogP contribution < -0.4 is 5.32 Å². The largest absolute Gasteiger partial charge is 0.389 e. The Morgan fingerprint density at radius 3 is 2.62 bits per heavy atom. The minimum absolute atomic E-state index is 0.205. The van der Waals surface area contributed by atoms with Crippen molar-refractivity contribution < 1.29 is 19.7 Å². The maximum atomic E-state index is 10.5. The first-order chi connectivity index (χ1) is 10.2. The summed E-state index contributed by atoms with van der Waals surface area (Å²) in [6.07, 6.45) is 8.23. The third-order valence-electron chi connectivity index (χ3n) is 4.51. The summed E-state index contributed by atoms with van der Waals surface area (Å²) in [5.41, 5.74) is -0.589. The van der Waals surface area contributed by atoms with Gasteiger partial charge in [-0.05, 0) is 25.7 Å². The van der Waals surface area contributed by atoms with Gasteiger partial charge in [0.05, 0.1) is 31.0 Å². The van der Waals surface area contributed by atoms with Gasteiger partial charge < -0.3 is 25.0 Å². The third-order valence-corrected chi connectivity index (χ3v) is 4.51. The molecule has 1 heterocycles. The lowest BCUT2D eigenvalue weighted by atomic mass is 9.94. The molecule has 2 unspecified atom stereocenters. The van der Waals surface area contributed by atoms with Crippen LogP contribution in [0.2, 0.25) is 0 Å². The number of rotatable bonds is 8. The summed E-state index contributed by atoms with van der Waals surface area (Å²) in [6, 6.07) is 0. The first-order valence-electron chi connectivity index (χ1n) is 8.48. The summed E-state index contributed by atoms with van der Waals surface area (Å²) >= 11 is 0. The molecule has 2 fully saturated rings. The molecule has 5 heteroatoms. The predicted octanol–water partition coefficient (Wildman–Crippen LogP) is 1.22. The fourth-order valence-corrected chi connectivity index (χ4v) is 3.21. The van der Waals surface area contributed by atoms with Crippen molar-refractivity contribution in [2.75, 3.05) is 32.9 Å². The number of aliphatic hydroxyl groups excluding tert-OH is 1. The molecule has 0 aromatic carbocycles. The zero-order valence-corrected chi connectivity index (χ0v) is 13.1. The third kappa shape index (κ3) is 6.61. The quantitative estimate of drug-likeness (QED) is 0.588. The van der Waals surface area contributed by atoms with Crippen molar-refractivity contribution in [3.05, 3.63) is 0 Å². The molecule has 124 valence electrons. The molecule has 21 heavy (non-hydrogen) atoms. The van der Waals surface area contributed by atoms with Gasteiger partial charge in [-0.1, -0.05) is 25.7 Å². The Hall–Kier alpha value is -0.200. The van der Waals surface area contributed by atoms with Crippen LogP contribution in [0.3, 0.4) is 0 Å². The summed E-state index contributed by atoms with van der Waals surface area (Å²) in [4.78, 5) is 0. The second-order valence-corrected chi connectivity index (χ2v) is 6.60. The summed E-state index contributed by atoms with van der Waals surface area (Å²) < 4.78 is 11.0. The van der Waals surface area contributed by atoms with Crippen molar-refractivity contribution in [1.29, 1.82) is 0 Å². The topological polar surface area (TPSA) is 71.0 Å². The minimum Gasteiger partial charge on any atom is -0.389 e. The summed E-state index contributed by atoms with van der Waals surface area (Å²) in [7, 11) is 0. The van der Waals surface area contributed by atoms with E-state index in [4.69, 9.17) is 9.47 Å². The molecule has 1 saturated heterocycles. The molecule has 1 saturated carbocycles. The summed E-state index contributed by atoms with van der Waals surface area (Å²) in [5, 5.41) is 23.6. The van der Waals surface area contributed by atoms with Crippen molar-refractivity contribution in [3.8, 4) is 0 Å². The maximum absolute atomic E-state index is 10.5. The van der Waals surface area contributed by atoms with Crippen LogP contribution in [0.5, 0.6) is 0 Å². The van der Waals surface area contributed by atoms with E-state index >= 15 is 0 Å². The molecule has 0 bridgehead atoms. The van der Waals surface area contributed by atoms with Gasteiger partial charge in [-0.2, -0.15) is 0 Å². The lowest BCUT2D eigenvalue weighted by Gasteiger charge is -2.27. The molecule has 1 aliphatic heterocycles. The van der Waals surface area contributed by atoms with Gasteiger partial charge in [-0.3, -0.25) is 0 Å². The highest BCUT2D eigenvalue weighted by Gasteiger charge is 2.27. The van der Waals surface area contributed by atoms with Gasteiger partial charge >= 0.3 is 0 Å². The number of nitrogens with one attached hydrogen (secondary N) is 1. The maximum Gasteiger partial charge on any atom is 0.0897 e. The Balaban J connectivity index is 1.52. The van der Waals surface area contributed by atoms with E-state index in [9.17, 15) is 10.2 Å². The smallest absolute Gasteiger partial charge is 0.0897 e. The van der Waals surface area contributed by atoms with Crippen LogP contribution in [0.25, 0.3) is 0 Å². The number of aliphatic hydroxyl groups is 2. The van der Waals surface area contributed by atoms with Crippen molar-refractivity contribution >= 4 is 0 Å². The van der Waals surface area contributed by atoms with E-state index in [1.54, 1.807) is 0 Å². The Bertz CT molecular complexity index is 273. The van der Waals surface area contributed by atoms with Gasteiger partial charge in [-0.15, -0.1) is 0 Å². The van der Waals surface area contributed by atoms with Gasteiger partial charge in [0.25, 0.3) is 0 Å². The van der Waals surface area contributed by atoms with Gasteiger partial charge in [-0.25, -0.2) is 0 Å². The molecule has 0 amide bonds.